The fraction of sp³-hybridized carbons (Fsp3) is 0.333. The number of benzene rings is 1. The van der Waals surface area contributed by atoms with Gasteiger partial charge in [-0.05, 0) is 31.0 Å². The molecule has 2 aromatic rings. The third-order valence-corrected chi connectivity index (χ3v) is 2.59. The Morgan fingerprint density at radius 1 is 1.29 bits per heavy atom. The molecule has 0 amide bonds. The third kappa shape index (κ3) is 1.37. The molecule has 0 aliphatic heterocycles. The summed E-state index contributed by atoms with van der Waals surface area (Å²) in [6.45, 7) is 4.26. The van der Waals surface area contributed by atoms with Crippen LogP contribution in [0.15, 0.2) is 18.2 Å². The van der Waals surface area contributed by atoms with Gasteiger partial charge in [-0.15, -0.1) is 0 Å². The molecule has 74 valence electrons. The first kappa shape index (κ1) is 9.13. The number of aromatic amines is 1. The molecular weight excluding hydrogens is 174 g/mol. The SMILES string of the molecule is CCc1cc2c(C)cc(OC)cc2[nH]1. The molecule has 0 atom stereocenters. The molecule has 0 unspecified atom stereocenters. The average molecular weight is 189 g/mol. The van der Waals surface area contributed by atoms with E-state index in [1.165, 1.54) is 22.2 Å². The number of rotatable bonds is 2. The lowest BCUT2D eigenvalue weighted by Crippen LogP contribution is -1.84. The quantitative estimate of drug-likeness (QED) is 0.771. The number of H-pyrrole nitrogens is 1. The number of methoxy groups -OCH3 is 1. The summed E-state index contributed by atoms with van der Waals surface area (Å²) in [4.78, 5) is 3.38. The van der Waals surface area contributed by atoms with Gasteiger partial charge in [0.2, 0.25) is 0 Å². The van der Waals surface area contributed by atoms with Crippen molar-refractivity contribution in [3.05, 3.63) is 29.5 Å². The van der Waals surface area contributed by atoms with Crippen LogP contribution in [0.2, 0.25) is 0 Å². The fourth-order valence-corrected chi connectivity index (χ4v) is 1.75. The summed E-state index contributed by atoms with van der Waals surface area (Å²) in [7, 11) is 1.70. The lowest BCUT2D eigenvalue weighted by Gasteiger charge is -2.01. The van der Waals surface area contributed by atoms with E-state index in [2.05, 4.69) is 31.0 Å². The second kappa shape index (κ2) is 3.37. The zero-order chi connectivity index (χ0) is 10.1. The molecule has 1 aromatic heterocycles. The molecule has 1 aromatic carbocycles. The normalized spacial score (nSPS) is 10.8. The Kier molecular flexibility index (Phi) is 2.20. The third-order valence-electron chi connectivity index (χ3n) is 2.59. The standard InChI is InChI=1S/C12H15NO/c1-4-9-6-11-8(2)5-10(14-3)7-12(11)13-9/h5-7,13H,4H2,1-3H3. The van der Waals surface area contributed by atoms with Gasteiger partial charge in [0.15, 0.2) is 0 Å². The smallest absolute Gasteiger partial charge is 0.121 e. The van der Waals surface area contributed by atoms with Gasteiger partial charge in [0.05, 0.1) is 7.11 Å². The van der Waals surface area contributed by atoms with Crippen LogP contribution in [0.1, 0.15) is 18.2 Å². The molecule has 1 heterocycles. The molecule has 0 saturated heterocycles. The van der Waals surface area contributed by atoms with E-state index in [1.807, 2.05) is 6.07 Å². The number of hydrogen-bond donors (Lipinski definition) is 1. The summed E-state index contributed by atoms with van der Waals surface area (Å²) in [5.74, 6) is 0.916. The maximum absolute atomic E-state index is 5.23. The second-order valence-corrected chi connectivity index (χ2v) is 3.55. The highest BCUT2D eigenvalue weighted by Crippen LogP contribution is 2.25. The zero-order valence-corrected chi connectivity index (χ0v) is 8.85. The van der Waals surface area contributed by atoms with E-state index >= 15 is 0 Å². The summed E-state index contributed by atoms with van der Waals surface area (Å²) in [6, 6.07) is 6.32. The largest absolute Gasteiger partial charge is 0.497 e. The zero-order valence-electron chi connectivity index (χ0n) is 8.85. The molecule has 0 fully saturated rings. The van der Waals surface area contributed by atoms with Gasteiger partial charge in [0.25, 0.3) is 0 Å². The van der Waals surface area contributed by atoms with Crippen molar-refractivity contribution < 1.29 is 4.74 Å². The van der Waals surface area contributed by atoms with Crippen LogP contribution in [0.5, 0.6) is 5.75 Å². The number of hydrogen-bond acceptors (Lipinski definition) is 1. The first-order valence-electron chi connectivity index (χ1n) is 4.91. The van der Waals surface area contributed by atoms with Gasteiger partial charge >= 0.3 is 0 Å². The Morgan fingerprint density at radius 2 is 2.07 bits per heavy atom. The minimum absolute atomic E-state index is 0.916. The first-order chi connectivity index (χ1) is 6.74. The predicted molar refractivity (Wildman–Crippen MR) is 59.0 cm³/mol. The molecule has 2 nitrogen and oxygen atoms in total. The minimum Gasteiger partial charge on any atom is -0.497 e. The van der Waals surface area contributed by atoms with E-state index in [4.69, 9.17) is 4.74 Å². The highest BCUT2D eigenvalue weighted by Gasteiger charge is 2.04. The molecule has 0 saturated carbocycles. The van der Waals surface area contributed by atoms with Crippen LogP contribution in [0.25, 0.3) is 10.9 Å². The number of nitrogens with one attached hydrogen (secondary N) is 1. The molecular formula is C12H15NO. The molecule has 1 N–H and O–H groups in total. The molecule has 0 bridgehead atoms. The Labute approximate surface area is 83.9 Å². The second-order valence-electron chi connectivity index (χ2n) is 3.55. The van der Waals surface area contributed by atoms with Crippen molar-refractivity contribution in [3.63, 3.8) is 0 Å². The van der Waals surface area contributed by atoms with Gasteiger partial charge in [-0.3, -0.25) is 0 Å². The summed E-state index contributed by atoms with van der Waals surface area (Å²) < 4.78 is 5.23. The molecule has 2 heteroatoms. The van der Waals surface area contributed by atoms with Gasteiger partial charge in [-0.25, -0.2) is 0 Å². The number of ether oxygens (including phenoxy) is 1. The van der Waals surface area contributed by atoms with E-state index in [9.17, 15) is 0 Å². The summed E-state index contributed by atoms with van der Waals surface area (Å²) in [6.07, 6.45) is 1.04. The predicted octanol–water partition coefficient (Wildman–Crippen LogP) is 3.05. The van der Waals surface area contributed by atoms with Crippen LogP contribution in [-0.2, 0) is 6.42 Å². The molecule has 0 aliphatic rings. The van der Waals surface area contributed by atoms with Crippen molar-refractivity contribution in [3.8, 4) is 5.75 Å². The summed E-state index contributed by atoms with van der Waals surface area (Å²) >= 11 is 0. The van der Waals surface area contributed by atoms with E-state index in [0.29, 0.717) is 0 Å². The maximum Gasteiger partial charge on any atom is 0.121 e. The Hall–Kier alpha value is -1.44. The van der Waals surface area contributed by atoms with Crippen molar-refractivity contribution in [2.45, 2.75) is 20.3 Å². The highest BCUT2D eigenvalue weighted by molar-refractivity contribution is 5.85. The van der Waals surface area contributed by atoms with Crippen molar-refractivity contribution in [1.29, 1.82) is 0 Å². The van der Waals surface area contributed by atoms with E-state index in [1.54, 1.807) is 7.11 Å². The number of fused-ring (bicyclic) bond motifs is 1. The summed E-state index contributed by atoms with van der Waals surface area (Å²) in [5.41, 5.74) is 3.70. The lowest BCUT2D eigenvalue weighted by atomic mass is 10.1. The fourth-order valence-electron chi connectivity index (χ4n) is 1.75. The van der Waals surface area contributed by atoms with E-state index in [-0.39, 0.29) is 0 Å². The molecule has 2 rings (SSSR count). The van der Waals surface area contributed by atoms with Crippen LogP contribution in [0.4, 0.5) is 0 Å². The van der Waals surface area contributed by atoms with Crippen LogP contribution < -0.4 is 4.74 Å². The van der Waals surface area contributed by atoms with Crippen molar-refractivity contribution in [2.24, 2.45) is 0 Å². The lowest BCUT2D eigenvalue weighted by molar-refractivity contribution is 0.415. The van der Waals surface area contributed by atoms with E-state index in [0.717, 1.165) is 12.2 Å². The van der Waals surface area contributed by atoms with Gasteiger partial charge in [0.1, 0.15) is 5.75 Å². The van der Waals surface area contributed by atoms with Gasteiger partial charge < -0.3 is 9.72 Å². The number of aromatic nitrogens is 1. The molecule has 0 radical (unpaired) electrons. The molecule has 0 spiro atoms. The monoisotopic (exact) mass is 189 g/mol. The van der Waals surface area contributed by atoms with E-state index < -0.39 is 0 Å². The van der Waals surface area contributed by atoms with Crippen molar-refractivity contribution in [2.75, 3.05) is 7.11 Å². The Morgan fingerprint density at radius 3 is 2.71 bits per heavy atom. The van der Waals surface area contributed by atoms with Gasteiger partial charge in [0, 0.05) is 22.7 Å². The number of aryl methyl sites for hydroxylation is 2. The maximum atomic E-state index is 5.23. The van der Waals surface area contributed by atoms with Crippen LogP contribution >= 0.6 is 0 Å². The van der Waals surface area contributed by atoms with Crippen LogP contribution in [0.3, 0.4) is 0 Å². The van der Waals surface area contributed by atoms with Crippen molar-refractivity contribution in [1.82, 2.24) is 4.98 Å². The highest BCUT2D eigenvalue weighted by atomic mass is 16.5. The topological polar surface area (TPSA) is 25.0 Å². The summed E-state index contributed by atoms with van der Waals surface area (Å²) in [5, 5.41) is 1.29. The van der Waals surface area contributed by atoms with Crippen molar-refractivity contribution >= 4 is 10.9 Å². The van der Waals surface area contributed by atoms with Crippen LogP contribution in [0, 0.1) is 6.92 Å². The molecule has 0 aliphatic carbocycles. The van der Waals surface area contributed by atoms with Crippen LogP contribution in [-0.4, -0.2) is 12.1 Å². The Balaban J connectivity index is 2.67. The van der Waals surface area contributed by atoms with Gasteiger partial charge in [-0.1, -0.05) is 6.92 Å². The van der Waals surface area contributed by atoms with Gasteiger partial charge in [-0.2, -0.15) is 0 Å². The minimum atomic E-state index is 0.916. The molecule has 14 heavy (non-hydrogen) atoms. The Bertz CT molecular complexity index is 457. The first-order valence-corrected chi connectivity index (χ1v) is 4.91. The average Bonchev–Trinajstić information content (AvgIpc) is 2.61.